The van der Waals surface area contributed by atoms with Crippen molar-refractivity contribution in [3.05, 3.63) is 72.4 Å². The van der Waals surface area contributed by atoms with Gasteiger partial charge in [0.2, 0.25) is 5.91 Å². The van der Waals surface area contributed by atoms with Crippen molar-refractivity contribution in [2.75, 3.05) is 23.8 Å². The van der Waals surface area contributed by atoms with E-state index in [1.54, 1.807) is 36.4 Å². The summed E-state index contributed by atoms with van der Waals surface area (Å²) in [7, 11) is -2.64. The van der Waals surface area contributed by atoms with Crippen LogP contribution in [0.25, 0.3) is 11.0 Å². The Labute approximate surface area is 196 Å². The van der Waals surface area contributed by atoms with Gasteiger partial charge in [0.1, 0.15) is 22.1 Å². The van der Waals surface area contributed by atoms with E-state index < -0.39 is 10.0 Å². The second-order valence-electron chi connectivity index (χ2n) is 7.28. The molecule has 176 valence electrons. The molecule has 10 heteroatoms. The van der Waals surface area contributed by atoms with Gasteiger partial charge in [-0.25, -0.2) is 8.42 Å². The number of carbonyl (C=O) groups is 1. The molecular formula is C24H23N3O6S. The number of nitrogens with one attached hydrogen (secondary N) is 2. The number of hydrogen-bond acceptors (Lipinski definition) is 7. The molecule has 0 spiro atoms. The molecule has 0 atom stereocenters. The van der Waals surface area contributed by atoms with Crippen LogP contribution in [0.2, 0.25) is 0 Å². The van der Waals surface area contributed by atoms with Gasteiger partial charge in [-0.3, -0.25) is 9.52 Å². The molecule has 1 amide bonds. The largest absolute Gasteiger partial charge is 0.495 e. The van der Waals surface area contributed by atoms with E-state index >= 15 is 0 Å². The minimum Gasteiger partial charge on any atom is -0.495 e. The Bertz CT molecular complexity index is 1410. The smallest absolute Gasteiger partial charge is 0.265 e. The molecule has 0 fully saturated rings. The normalized spacial score (nSPS) is 11.2. The van der Waals surface area contributed by atoms with Crippen LogP contribution in [0.4, 0.5) is 11.4 Å². The maximum Gasteiger partial charge on any atom is 0.265 e. The lowest BCUT2D eigenvalue weighted by Gasteiger charge is -2.14. The first-order valence-electron chi connectivity index (χ1n) is 10.5. The number of methoxy groups -OCH3 is 1. The van der Waals surface area contributed by atoms with Gasteiger partial charge in [-0.15, -0.1) is 0 Å². The van der Waals surface area contributed by atoms with Crippen molar-refractivity contribution >= 4 is 38.3 Å². The Balaban J connectivity index is 1.53. The second-order valence-corrected chi connectivity index (χ2v) is 8.93. The van der Waals surface area contributed by atoms with E-state index in [1.807, 2.05) is 25.1 Å². The molecule has 0 saturated heterocycles. The lowest BCUT2D eigenvalue weighted by molar-refractivity contribution is -0.115. The predicted octanol–water partition coefficient (Wildman–Crippen LogP) is 4.22. The van der Waals surface area contributed by atoms with Crippen LogP contribution >= 0.6 is 0 Å². The summed E-state index contributed by atoms with van der Waals surface area (Å²) in [6.45, 7) is 2.37. The van der Waals surface area contributed by atoms with Gasteiger partial charge in [-0.2, -0.15) is 0 Å². The van der Waals surface area contributed by atoms with Crippen LogP contribution < -0.4 is 19.5 Å². The van der Waals surface area contributed by atoms with E-state index in [2.05, 4.69) is 15.2 Å². The highest BCUT2D eigenvalue weighted by molar-refractivity contribution is 7.92. The van der Waals surface area contributed by atoms with Crippen molar-refractivity contribution in [3.8, 4) is 11.5 Å². The quantitative estimate of drug-likeness (QED) is 0.367. The van der Waals surface area contributed by atoms with Gasteiger partial charge >= 0.3 is 0 Å². The number of amides is 1. The zero-order valence-electron chi connectivity index (χ0n) is 18.6. The number of para-hydroxylation sites is 1. The van der Waals surface area contributed by atoms with Crippen molar-refractivity contribution in [2.45, 2.75) is 18.2 Å². The minimum atomic E-state index is -4.01. The average molecular weight is 482 g/mol. The first-order chi connectivity index (χ1) is 16.4. The van der Waals surface area contributed by atoms with Crippen LogP contribution in [0, 0.1) is 0 Å². The summed E-state index contributed by atoms with van der Waals surface area (Å²) in [5, 5.41) is 7.41. The molecule has 3 aromatic carbocycles. The van der Waals surface area contributed by atoms with Gasteiger partial charge in [0.15, 0.2) is 5.58 Å². The van der Waals surface area contributed by atoms with E-state index in [1.165, 1.54) is 19.2 Å². The van der Waals surface area contributed by atoms with Crippen molar-refractivity contribution in [2.24, 2.45) is 0 Å². The van der Waals surface area contributed by atoms with E-state index in [0.717, 1.165) is 5.39 Å². The molecule has 0 saturated carbocycles. The van der Waals surface area contributed by atoms with Crippen molar-refractivity contribution in [3.63, 3.8) is 0 Å². The molecule has 9 nitrogen and oxygen atoms in total. The number of fused-ring (bicyclic) bond motifs is 1. The number of aromatic nitrogens is 1. The fraction of sp³-hybridized carbons (Fsp3) is 0.167. The number of ether oxygens (including phenoxy) is 2. The summed E-state index contributed by atoms with van der Waals surface area (Å²) >= 11 is 0. The molecule has 0 bridgehead atoms. The van der Waals surface area contributed by atoms with E-state index in [9.17, 15) is 13.2 Å². The van der Waals surface area contributed by atoms with E-state index in [4.69, 9.17) is 14.0 Å². The van der Waals surface area contributed by atoms with Crippen LogP contribution in [-0.2, 0) is 21.2 Å². The highest BCUT2D eigenvalue weighted by Crippen LogP contribution is 2.29. The lowest BCUT2D eigenvalue weighted by Crippen LogP contribution is -2.17. The molecule has 0 aliphatic heterocycles. The van der Waals surface area contributed by atoms with Crippen LogP contribution in [0.15, 0.2) is 76.1 Å². The summed E-state index contributed by atoms with van der Waals surface area (Å²) in [5.74, 6) is 0.401. The fourth-order valence-electron chi connectivity index (χ4n) is 3.38. The maximum atomic E-state index is 13.1. The highest BCUT2D eigenvalue weighted by Gasteiger charge is 2.21. The first-order valence-corrected chi connectivity index (χ1v) is 11.9. The standard InChI is InChI=1S/C24H23N3O6S/c1-3-32-18-11-8-16(9-12-18)27-34(29,30)23-14-17(10-13-22(23)31-2)25-24(28)15-20-19-6-4-5-7-21(19)33-26-20/h4-14,27H,3,15H2,1-2H3,(H,25,28). The topological polar surface area (TPSA) is 120 Å². The fourth-order valence-corrected chi connectivity index (χ4v) is 4.64. The van der Waals surface area contributed by atoms with Gasteiger partial charge in [-0.1, -0.05) is 17.3 Å². The Morgan fingerprint density at radius 1 is 1.03 bits per heavy atom. The number of carbonyl (C=O) groups excluding carboxylic acids is 1. The zero-order valence-corrected chi connectivity index (χ0v) is 19.4. The van der Waals surface area contributed by atoms with Gasteiger partial charge in [0.25, 0.3) is 10.0 Å². The number of rotatable bonds is 9. The van der Waals surface area contributed by atoms with E-state index in [-0.39, 0.29) is 23.0 Å². The Kier molecular flexibility index (Phi) is 6.69. The number of nitrogens with zero attached hydrogens (tertiary/aromatic N) is 1. The molecule has 4 rings (SSSR count). The average Bonchev–Trinajstić information content (AvgIpc) is 3.23. The summed E-state index contributed by atoms with van der Waals surface area (Å²) in [5.41, 5.74) is 1.73. The second kappa shape index (κ2) is 9.84. The molecule has 0 aliphatic carbocycles. The molecule has 0 radical (unpaired) electrons. The molecule has 0 unspecified atom stereocenters. The Morgan fingerprint density at radius 2 is 1.76 bits per heavy atom. The Morgan fingerprint density at radius 3 is 2.50 bits per heavy atom. The van der Waals surface area contributed by atoms with Gasteiger partial charge in [0, 0.05) is 16.8 Å². The van der Waals surface area contributed by atoms with Crippen molar-refractivity contribution < 1.29 is 27.2 Å². The molecule has 0 aliphatic rings. The van der Waals surface area contributed by atoms with Crippen molar-refractivity contribution in [1.82, 2.24) is 5.16 Å². The van der Waals surface area contributed by atoms with E-state index in [0.29, 0.717) is 35.0 Å². The maximum absolute atomic E-state index is 13.1. The highest BCUT2D eigenvalue weighted by atomic mass is 32.2. The lowest BCUT2D eigenvalue weighted by atomic mass is 10.1. The SMILES string of the molecule is CCOc1ccc(NS(=O)(=O)c2cc(NC(=O)Cc3noc4ccccc34)ccc2OC)cc1. The number of benzene rings is 3. The molecule has 1 aromatic heterocycles. The molecule has 1 heterocycles. The monoisotopic (exact) mass is 481 g/mol. The molecule has 2 N–H and O–H groups in total. The first kappa shape index (κ1) is 23.1. The van der Waals surface area contributed by atoms with Crippen LogP contribution in [0.1, 0.15) is 12.6 Å². The third-order valence-corrected chi connectivity index (χ3v) is 6.34. The van der Waals surface area contributed by atoms with Gasteiger partial charge in [0.05, 0.1) is 20.1 Å². The van der Waals surface area contributed by atoms with Crippen LogP contribution in [0.5, 0.6) is 11.5 Å². The van der Waals surface area contributed by atoms with Gasteiger partial charge < -0.3 is 19.3 Å². The summed E-state index contributed by atoms with van der Waals surface area (Å²) in [6, 6.07) is 18.2. The number of hydrogen-bond donors (Lipinski definition) is 2. The molecular weight excluding hydrogens is 458 g/mol. The Hall–Kier alpha value is -4.05. The van der Waals surface area contributed by atoms with Gasteiger partial charge in [-0.05, 0) is 61.5 Å². The van der Waals surface area contributed by atoms with Crippen LogP contribution in [-0.4, -0.2) is 33.2 Å². The third kappa shape index (κ3) is 5.12. The van der Waals surface area contributed by atoms with Crippen molar-refractivity contribution in [1.29, 1.82) is 0 Å². The summed E-state index contributed by atoms with van der Waals surface area (Å²) < 4.78 is 44.5. The summed E-state index contributed by atoms with van der Waals surface area (Å²) in [6.07, 6.45) is -0.0322. The number of anilines is 2. The third-order valence-electron chi connectivity index (χ3n) is 4.93. The van der Waals surface area contributed by atoms with Crippen LogP contribution in [0.3, 0.4) is 0 Å². The summed E-state index contributed by atoms with van der Waals surface area (Å²) in [4.78, 5) is 12.5. The minimum absolute atomic E-state index is 0.0322. The predicted molar refractivity (Wildman–Crippen MR) is 128 cm³/mol. The zero-order chi connectivity index (χ0) is 24.1. The molecule has 34 heavy (non-hydrogen) atoms. The molecule has 4 aromatic rings. The number of sulfonamides is 1.